The molecule has 0 aromatic carbocycles. The van der Waals surface area contributed by atoms with Gasteiger partial charge in [-0.15, -0.1) is 0 Å². The Morgan fingerprint density at radius 2 is 1.83 bits per heavy atom. The second-order valence-electron chi connectivity index (χ2n) is 6.75. The Balaban J connectivity index is 1.33. The Labute approximate surface area is 143 Å². The van der Waals surface area contributed by atoms with Crippen molar-refractivity contribution in [2.75, 3.05) is 32.7 Å². The van der Waals surface area contributed by atoms with E-state index in [1.165, 1.54) is 0 Å². The topological polar surface area (TPSA) is 70.5 Å². The molecular formula is C17H27N5O2. The number of hydrogen-bond acceptors (Lipinski definition) is 3. The molecule has 2 fully saturated rings. The van der Waals surface area contributed by atoms with E-state index in [0.717, 1.165) is 58.4 Å². The predicted molar refractivity (Wildman–Crippen MR) is 90.4 cm³/mol. The van der Waals surface area contributed by atoms with Gasteiger partial charge in [-0.25, -0.2) is 9.78 Å². The molecule has 7 nitrogen and oxygen atoms in total. The minimum atomic E-state index is -0.000523. The van der Waals surface area contributed by atoms with E-state index in [1.807, 2.05) is 20.6 Å². The summed E-state index contributed by atoms with van der Waals surface area (Å²) >= 11 is 0. The lowest BCUT2D eigenvalue weighted by Gasteiger charge is -2.32. The third kappa shape index (κ3) is 4.49. The van der Waals surface area contributed by atoms with E-state index in [1.54, 1.807) is 12.5 Å². The van der Waals surface area contributed by atoms with Crippen LogP contribution in [-0.2, 0) is 11.3 Å². The summed E-state index contributed by atoms with van der Waals surface area (Å²) in [7, 11) is 0. The van der Waals surface area contributed by atoms with Crippen molar-refractivity contribution in [3.05, 3.63) is 18.7 Å². The maximum absolute atomic E-state index is 12.2. The molecule has 2 aliphatic rings. The first kappa shape index (κ1) is 16.8. The largest absolute Gasteiger partial charge is 0.343 e. The molecule has 1 N–H and O–H groups in total. The molecule has 24 heavy (non-hydrogen) atoms. The zero-order valence-corrected chi connectivity index (χ0v) is 14.2. The monoisotopic (exact) mass is 333 g/mol. The molecule has 0 radical (unpaired) electrons. The predicted octanol–water partition coefficient (Wildman–Crippen LogP) is 1.32. The molecule has 0 bridgehead atoms. The van der Waals surface area contributed by atoms with E-state index in [0.29, 0.717) is 24.8 Å². The van der Waals surface area contributed by atoms with Gasteiger partial charge in [0, 0.05) is 58.1 Å². The Bertz CT molecular complexity index is 531. The number of nitrogens with zero attached hydrogens (tertiary/aromatic N) is 4. The van der Waals surface area contributed by atoms with Crippen LogP contribution in [0.3, 0.4) is 0 Å². The van der Waals surface area contributed by atoms with Crippen molar-refractivity contribution in [2.45, 2.75) is 38.6 Å². The number of imidazole rings is 1. The number of likely N-dealkylation sites (tertiary alicyclic amines) is 2. The van der Waals surface area contributed by atoms with E-state index in [-0.39, 0.29) is 6.03 Å². The van der Waals surface area contributed by atoms with Gasteiger partial charge in [-0.1, -0.05) is 0 Å². The highest BCUT2D eigenvalue weighted by Crippen LogP contribution is 2.22. The molecule has 3 amide bonds. The number of nitrogens with one attached hydrogen (secondary N) is 1. The first-order valence-electron chi connectivity index (χ1n) is 8.98. The smallest absolute Gasteiger partial charge is 0.317 e. The minimum Gasteiger partial charge on any atom is -0.343 e. The lowest BCUT2D eigenvalue weighted by Crippen LogP contribution is -2.45. The lowest BCUT2D eigenvalue weighted by molar-refractivity contribution is -0.131. The van der Waals surface area contributed by atoms with Gasteiger partial charge in [0.15, 0.2) is 0 Å². The van der Waals surface area contributed by atoms with E-state index in [2.05, 4.69) is 10.3 Å². The molecule has 0 unspecified atom stereocenters. The van der Waals surface area contributed by atoms with Gasteiger partial charge in [-0.2, -0.15) is 0 Å². The fraction of sp³-hybridized carbons (Fsp3) is 0.706. The van der Waals surface area contributed by atoms with Gasteiger partial charge < -0.3 is 19.7 Å². The summed E-state index contributed by atoms with van der Waals surface area (Å²) in [6.45, 7) is 4.67. The Morgan fingerprint density at radius 1 is 1.08 bits per heavy atom. The minimum absolute atomic E-state index is 0.000523. The third-order valence-electron chi connectivity index (χ3n) is 5.03. The second kappa shape index (κ2) is 8.17. The van der Waals surface area contributed by atoms with Crippen molar-refractivity contribution in [3.63, 3.8) is 0 Å². The average Bonchev–Trinajstić information content (AvgIpc) is 3.29. The van der Waals surface area contributed by atoms with Crippen LogP contribution in [0.25, 0.3) is 0 Å². The number of hydrogen-bond donors (Lipinski definition) is 1. The van der Waals surface area contributed by atoms with Crippen LogP contribution >= 0.6 is 0 Å². The number of piperidine rings is 1. The van der Waals surface area contributed by atoms with Crippen molar-refractivity contribution in [1.29, 1.82) is 0 Å². The molecule has 2 saturated heterocycles. The summed E-state index contributed by atoms with van der Waals surface area (Å²) in [6.07, 6.45) is 10.1. The molecule has 3 rings (SSSR count). The molecule has 0 saturated carbocycles. The van der Waals surface area contributed by atoms with Crippen LogP contribution < -0.4 is 5.32 Å². The number of carbonyl (C=O) groups is 2. The van der Waals surface area contributed by atoms with E-state index in [9.17, 15) is 9.59 Å². The molecule has 0 spiro atoms. The number of amides is 3. The van der Waals surface area contributed by atoms with Gasteiger partial charge in [0.25, 0.3) is 0 Å². The fourth-order valence-corrected chi connectivity index (χ4v) is 3.51. The Kier molecular flexibility index (Phi) is 5.72. The first-order valence-corrected chi connectivity index (χ1v) is 8.98. The summed E-state index contributed by atoms with van der Waals surface area (Å²) in [5.41, 5.74) is 0. The van der Waals surface area contributed by atoms with E-state index < -0.39 is 0 Å². The molecule has 0 aliphatic carbocycles. The quantitative estimate of drug-likeness (QED) is 0.883. The number of rotatable bonds is 5. The SMILES string of the molecule is O=C(CC1CCN(C(=O)NCCn2ccnc2)CC1)N1CCCC1. The molecule has 1 aromatic heterocycles. The molecule has 3 heterocycles. The number of carbonyl (C=O) groups excluding carboxylic acids is 2. The van der Waals surface area contributed by atoms with Gasteiger partial charge in [0.1, 0.15) is 0 Å². The maximum atomic E-state index is 12.2. The van der Waals surface area contributed by atoms with E-state index in [4.69, 9.17) is 0 Å². The highest BCUT2D eigenvalue weighted by Gasteiger charge is 2.26. The summed E-state index contributed by atoms with van der Waals surface area (Å²) in [4.78, 5) is 32.2. The second-order valence-corrected chi connectivity index (χ2v) is 6.75. The Hall–Kier alpha value is -2.05. The van der Waals surface area contributed by atoms with Gasteiger partial charge in [0.05, 0.1) is 6.33 Å². The van der Waals surface area contributed by atoms with Gasteiger partial charge >= 0.3 is 6.03 Å². The lowest BCUT2D eigenvalue weighted by atomic mass is 9.93. The van der Waals surface area contributed by atoms with Crippen molar-refractivity contribution in [3.8, 4) is 0 Å². The summed E-state index contributed by atoms with van der Waals surface area (Å²) < 4.78 is 1.94. The first-order chi connectivity index (χ1) is 11.7. The van der Waals surface area contributed by atoms with Gasteiger partial charge in [-0.3, -0.25) is 4.79 Å². The van der Waals surface area contributed by atoms with Crippen LogP contribution in [0.2, 0.25) is 0 Å². The average molecular weight is 333 g/mol. The highest BCUT2D eigenvalue weighted by molar-refractivity contribution is 5.77. The fourth-order valence-electron chi connectivity index (χ4n) is 3.51. The van der Waals surface area contributed by atoms with Crippen LogP contribution in [0, 0.1) is 5.92 Å². The summed E-state index contributed by atoms with van der Waals surface area (Å²) in [5, 5.41) is 2.95. The van der Waals surface area contributed by atoms with Gasteiger partial charge in [0.2, 0.25) is 5.91 Å². The standard InChI is InChI=1S/C17H27N5O2/c23-16(21-7-1-2-8-21)13-15-3-9-22(10-4-15)17(24)19-6-12-20-11-5-18-14-20/h5,11,14-15H,1-4,6-10,12-13H2,(H,19,24). The molecular weight excluding hydrogens is 306 g/mol. The van der Waals surface area contributed by atoms with Crippen LogP contribution in [0.15, 0.2) is 18.7 Å². The summed E-state index contributed by atoms with van der Waals surface area (Å²) in [5.74, 6) is 0.726. The van der Waals surface area contributed by atoms with Crippen molar-refractivity contribution in [1.82, 2.24) is 24.7 Å². The molecule has 0 atom stereocenters. The number of urea groups is 1. The normalized spacial score (nSPS) is 18.8. The molecule has 2 aliphatic heterocycles. The van der Waals surface area contributed by atoms with Crippen LogP contribution in [-0.4, -0.2) is 64.0 Å². The van der Waals surface area contributed by atoms with Crippen molar-refractivity contribution in [2.24, 2.45) is 5.92 Å². The summed E-state index contributed by atoms with van der Waals surface area (Å²) in [6, 6.07) is -0.000523. The third-order valence-corrected chi connectivity index (χ3v) is 5.03. The van der Waals surface area contributed by atoms with Crippen molar-refractivity contribution >= 4 is 11.9 Å². The Morgan fingerprint density at radius 3 is 2.50 bits per heavy atom. The van der Waals surface area contributed by atoms with E-state index >= 15 is 0 Å². The van der Waals surface area contributed by atoms with Crippen LogP contribution in [0.1, 0.15) is 32.1 Å². The molecule has 132 valence electrons. The van der Waals surface area contributed by atoms with Crippen LogP contribution in [0.4, 0.5) is 4.79 Å². The molecule has 1 aromatic rings. The van der Waals surface area contributed by atoms with Gasteiger partial charge in [-0.05, 0) is 31.6 Å². The molecule has 7 heteroatoms. The van der Waals surface area contributed by atoms with Crippen LogP contribution in [0.5, 0.6) is 0 Å². The zero-order valence-electron chi connectivity index (χ0n) is 14.2. The van der Waals surface area contributed by atoms with Crippen molar-refractivity contribution < 1.29 is 9.59 Å². The highest BCUT2D eigenvalue weighted by atomic mass is 16.2. The maximum Gasteiger partial charge on any atom is 0.317 e. The zero-order chi connectivity index (χ0) is 16.8. The number of aromatic nitrogens is 2.